The summed E-state index contributed by atoms with van der Waals surface area (Å²) in [4.78, 5) is 24.5. The molecule has 0 radical (unpaired) electrons. The largest absolute Gasteiger partial charge is 0.508 e. The molecule has 45 heavy (non-hydrogen) atoms. The van der Waals surface area contributed by atoms with E-state index in [0.29, 0.717) is 18.6 Å². The molecule has 3 aromatic carbocycles. The number of carbonyl (C=O) groups excluding carboxylic acids is 2. The van der Waals surface area contributed by atoms with Crippen LogP contribution < -0.4 is 4.74 Å². The van der Waals surface area contributed by atoms with Crippen molar-refractivity contribution in [3.8, 4) is 11.5 Å². The van der Waals surface area contributed by atoms with E-state index in [9.17, 15) is 19.3 Å². The van der Waals surface area contributed by atoms with Crippen molar-refractivity contribution in [1.82, 2.24) is 0 Å². The van der Waals surface area contributed by atoms with E-state index in [2.05, 4.69) is 0 Å². The van der Waals surface area contributed by atoms with Crippen molar-refractivity contribution in [3.05, 3.63) is 94.0 Å². The van der Waals surface area contributed by atoms with Gasteiger partial charge in [-0.1, -0.05) is 42.5 Å². The Morgan fingerprint density at radius 2 is 1.27 bits per heavy atom. The van der Waals surface area contributed by atoms with Gasteiger partial charge in [-0.3, -0.25) is 13.6 Å². The van der Waals surface area contributed by atoms with Crippen LogP contribution in [0.25, 0.3) is 0 Å². The van der Waals surface area contributed by atoms with Crippen molar-refractivity contribution in [3.63, 3.8) is 0 Å². The van der Waals surface area contributed by atoms with Crippen molar-refractivity contribution in [2.75, 3.05) is 19.6 Å². The lowest BCUT2D eigenvalue weighted by Crippen LogP contribution is -2.28. The summed E-state index contributed by atoms with van der Waals surface area (Å²) in [5.74, 6) is -0.792. The molecule has 0 aliphatic carbocycles. The standard InChI is InChI=1S/C35H45O9P/c1-24-16-29(17-25(2)30(24)20-27-14-15-31(36)28(19-27)18-26-12-10-9-11-13-26)40-23-45(39,41-21-32(37)43-34(3,4)5)42-22-33(38)44-35(6,7)8/h9-17,19,36H,18,20-23H2,1-8H3. The molecule has 0 bridgehead atoms. The fourth-order valence-corrected chi connectivity index (χ4v) is 5.67. The molecule has 0 aliphatic rings. The van der Waals surface area contributed by atoms with Gasteiger partial charge in [0.25, 0.3) is 0 Å². The molecule has 10 heteroatoms. The molecule has 0 spiro atoms. The first-order valence-corrected chi connectivity index (χ1v) is 16.5. The molecule has 244 valence electrons. The average molecular weight is 641 g/mol. The molecular formula is C35H45O9P. The number of aryl methyl sites for hydroxylation is 2. The molecule has 0 atom stereocenters. The first-order valence-electron chi connectivity index (χ1n) is 14.8. The lowest BCUT2D eigenvalue weighted by atomic mass is 9.93. The number of carbonyl (C=O) groups is 2. The van der Waals surface area contributed by atoms with Crippen molar-refractivity contribution >= 4 is 19.5 Å². The summed E-state index contributed by atoms with van der Waals surface area (Å²) in [5.41, 5.74) is 4.46. The number of phenols is 1. The van der Waals surface area contributed by atoms with Gasteiger partial charge in [-0.25, -0.2) is 9.59 Å². The van der Waals surface area contributed by atoms with Gasteiger partial charge in [0.15, 0.2) is 19.6 Å². The summed E-state index contributed by atoms with van der Waals surface area (Å²) in [5, 5.41) is 10.5. The quantitative estimate of drug-likeness (QED) is 0.150. The van der Waals surface area contributed by atoms with Crippen LogP contribution in [0.3, 0.4) is 0 Å². The highest BCUT2D eigenvalue weighted by molar-refractivity contribution is 7.53. The number of esters is 2. The minimum Gasteiger partial charge on any atom is -0.508 e. The molecule has 0 aromatic heterocycles. The van der Waals surface area contributed by atoms with E-state index in [1.165, 1.54) is 0 Å². The Labute approximate surface area is 266 Å². The van der Waals surface area contributed by atoms with E-state index >= 15 is 0 Å². The van der Waals surface area contributed by atoms with E-state index < -0.39 is 50.3 Å². The molecule has 3 rings (SSSR count). The SMILES string of the molecule is Cc1cc(OCP(=O)(OCC(=O)OC(C)(C)C)OCC(=O)OC(C)(C)C)cc(C)c1Cc1ccc(O)c(Cc2ccccc2)c1. The lowest BCUT2D eigenvalue weighted by Gasteiger charge is -2.23. The number of hydrogen-bond donors (Lipinski definition) is 1. The first kappa shape index (κ1) is 35.8. The third kappa shape index (κ3) is 12.3. The molecule has 0 fully saturated rings. The third-order valence-corrected chi connectivity index (χ3v) is 7.91. The molecule has 0 amide bonds. The second-order valence-corrected chi connectivity index (χ2v) is 14.9. The number of aromatic hydroxyl groups is 1. The number of ether oxygens (including phenoxy) is 3. The molecule has 1 N–H and O–H groups in total. The summed E-state index contributed by atoms with van der Waals surface area (Å²) in [6.45, 7) is 12.8. The summed E-state index contributed by atoms with van der Waals surface area (Å²) < 4.78 is 40.7. The molecule has 3 aromatic rings. The second kappa shape index (κ2) is 15.1. The Balaban J connectivity index is 1.73. The Morgan fingerprint density at radius 3 is 1.78 bits per heavy atom. The second-order valence-electron chi connectivity index (χ2n) is 12.9. The van der Waals surface area contributed by atoms with Crippen LogP contribution in [0.5, 0.6) is 11.5 Å². The van der Waals surface area contributed by atoms with Gasteiger partial charge in [0, 0.05) is 6.42 Å². The van der Waals surface area contributed by atoms with Crippen molar-refractivity contribution in [2.45, 2.75) is 79.4 Å². The normalized spacial score (nSPS) is 12.1. The molecule has 9 nitrogen and oxygen atoms in total. The van der Waals surface area contributed by atoms with Gasteiger partial charge >= 0.3 is 19.5 Å². The van der Waals surface area contributed by atoms with Gasteiger partial charge in [-0.05, 0) is 113 Å². The zero-order chi connectivity index (χ0) is 33.4. The highest BCUT2D eigenvalue weighted by Gasteiger charge is 2.31. The minimum atomic E-state index is -4.11. The van der Waals surface area contributed by atoms with Crippen LogP contribution in [0.4, 0.5) is 0 Å². The van der Waals surface area contributed by atoms with Gasteiger partial charge in [0.05, 0.1) is 0 Å². The summed E-state index contributed by atoms with van der Waals surface area (Å²) in [6.07, 6.45) is 0.714. The average Bonchev–Trinajstić information content (AvgIpc) is 2.92. The minimum absolute atomic E-state index is 0.256. The molecule has 0 saturated carbocycles. The number of rotatable bonds is 13. The van der Waals surface area contributed by atoms with E-state index in [-0.39, 0.29) is 5.75 Å². The lowest BCUT2D eigenvalue weighted by molar-refractivity contribution is -0.158. The van der Waals surface area contributed by atoms with E-state index in [4.69, 9.17) is 23.3 Å². The zero-order valence-corrected chi connectivity index (χ0v) is 28.4. The monoisotopic (exact) mass is 640 g/mol. The van der Waals surface area contributed by atoms with Crippen molar-refractivity contribution in [2.24, 2.45) is 0 Å². The fraction of sp³-hybridized carbons (Fsp3) is 0.429. The van der Waals surface area contributed by atoms with Gasteiger partial charge in [0.2, 0.25) is 0 Å². The maximum atomic E-state index is 13.6. The molecule has 0 unspecified atom stereocenters. The van der Waals surface area contributed by atoms with Crippen LogP contribution in [0.15, 0.2) is 60.7 Å². The number of benzene rings is 3. The van der Waals surface area contributed by atoms with Crippen LogP contribution >= 0.6 is 7.60 Å². The Bertz CT molecular complexity index is 1460. The highest BCUT2D eigenvalue weighted by Crippen LogP contribution is 2.48. The Kier molecular flexibility index (Phi) is 12.0. The molecule has 0 heterocycles. The zero-order valence-electron chi connectivity index (χ0n) is 27.5. The first-order chi connectivity index (χ1) is 20.9. The Morgan fingerprint density at radius 1 is 0.733 bits per heavy atom. The van der Waals surface area contributed by atoms with E-state index in [0.717, 1.165) is 33.4 Å². The summed E-state index contributed by atoms with van der Waals surface area (Å²) in [6, 6.07) is 19.3. The van der Waals surface area contributed by atoms with Crippen molar-refractivity contribution < 1.29 is 42.5 Å². The molecular weight excluding hydrogens is 595 g/mol. The van der Waals surface area contributed by atoms with Gasteiger partial charge < -0.3 is 19.3 Å². The molecule has 0 saturated heterocycles. The van der Waals surface area contributed by atoms with Gasteiger partial charge in [-0.2, -0.15) is 0 Å². The van der Waals surface area contributed by atoms with Crippen LogP contribution in [-0.2, 0) is 45.5 Å². The van der Waals surface area contributed by atoms with Gasteiger partial charge in [-0.15, -0.1) is 0 Å². The molecule has 0 aliphatic heterocycles. The van der Waals surface area contributed by atoms with Crippen LogP contribution in [-0.4, -0.2) is 47.8 Å². The fourth-order valence-electron chi connectivity index (χ4n) is 4.54. The van der Waals surface area contributed by atoms with Gasteiger partial charge in [0.1, 0.15) is 22.7 Å². The van der Waals surface area contributed by atoms with Crippen molar-refractivity contribution in [1.29, 1.82) is 0 Å². The number of phenolic OH excluding ortho intramolecular Hbond substituents is 1. The highest BCUT2D eigenvalue weighted by atomic mass is 31.2. The maximum absolute atomic E-state index is 13.6. The van der Waals surface area contributed by atoms with E-state index in [1.807, 2.05) is 68.4 Å². The number of hydrogen-bond acceptors (Lipinski definition) is 9. The Hall–Kier alpha value is -3.65. The van der Waals surface area contributed by atoms with Crippen LogP contribution in [0.1, 0.15) is 74.9 Å². The van der Waals surface area contributed by atoms with E-state index in [1.54, 1.807) is 47.6 Å². The summed E-state index contributed by atoms with van der Waals surface area (Å²) >= 11 is 0. The maximum Gasteiger partial charge on any atom is 0.368 e. The predicted octanol–water partition coefficient (Wildman–Crippen LogP) is 7.44. The van der Waals surface area contributed by atoms with Crippen LogP contribution in [0, 0.1) is 13.8 Å². The predicted molar refractivity (Wildman–Crippen MR) is 173 cm³/mol. The topological polar surface area (TPSA) is 118 Å². The summed E-state index contributed by atoms with van der Waals surface area (Å²) in [7, 11) is -4.11. The smallest absolute Gasteiger partial charge is 0.368 e. The van der Waals surface area contributed by atoms with Crippen LogP contribution in [0.2, 0.25) is 0 Å². The third-order valence-electron chi connectivity index (χ3n) is 6.42.